The van der Waals surface area contributed by atoms with Crippen LogP contribution in [-0.4, -0.2) is 16.1 Å². The number of hydrogen-bond acceptors (Lipinski definition) is 2. The number of imidazole rings is 1. The minimum atomic E-state index is 0.694. The summed E-state index contributed by atoms with van der Waals surface area (Å²) >= 11 is 0. The molecule has 3 nitrogen and oxygen atoms in total. The first-order valence-electron chi connectivity index (χ1n) is 7.02. The molecule has 0 unspecified atom stereocenters. The molecule has 2 N–H and O–H groups in total. The molecule has 102 valence electrons. The van der Waals surface area contributed by atoms with E-state index in [1.54, 1.807) is 0 Å². The first-order valence-corrected chi connectivity index (χ1v) is 7.02. The minimum absolute atomic E-state index is 0.694. The molecule has 3 heteroatoms. The lowest BCUT2D eigenvalue weighted by Gasteiger charge is -2.08. The van der Waals surface area contributed by atoms with Gasteiger partial charge in [0, 0.05) is 12.1 Å². The molecule has 3 rings (SSSR count). The Morgan fingerprint density at radius 1 is 1.05 bits per heavy atom. The summed E-state index contributed by atoms with van der Waals surface area (Å²) < 4.78 is 2.27. The number of aromatic nitrogens is 2. The highest BCUT2D eigenvalue weighted by molar-refractivity contribution is 5.80. The van der Waals surface area contributed by atoms with E-state index in [9.17, 15) is 0 Å². The Labute approximate surface area is 119 Å². The van der Waals surface area contributed by atoms with E-state index in [2.05, 4.69) is 54.0 Å². The quantitative estimate of drug-likeness (QED) is 0.786. The second-order valence-corrected chi connectivity index (χ2v) is 5.08. The third-order valence-electron chi connectivity index (χ3n) is 3.55. The molecule has 1 heterocycles. The van der Waals surface area contributed by atoms with Gasteiger partial charge in [-0.05, 0) is 32.0 Å². The Bertz CT molecular complexity index is 711. The second-order valence-electron chi connectivity index (χ2n) is 5.08. The molecule has 0 aliphatic rings. The number of fused-ring (bicyclic) bond motifs is 1. The van der Waals surface area contributed by atoms with Crippen LogP contribution >= 0.6 is 0 Å². The van der Waals surface area contributed by atoms with Crippen LogP contribution in [0.3, 0.4) is 0 Å². The van der Waals surface area contributed by atoms with Crippen LogP contribution in [0.2, 0.25) is 0 Å². The monoisotopic (exact) mass is 265 g/mol. The number of rotatable bonds is 4. The van der Waals surface area contributed by atoms with Crippen molar-refractivity contribution in [2.45, 2.75) is 19.9 Å². The number of nitrogens with zero attached hydrogens (tertiary/aromatic N) is 2. The van der Waals surface area contributed by atoms with Crippen LogP contribution in [0, 0.1) is 6.92 Å². The highest BCUT2D eigenvalue weighted by Crippen LogP contribution is 2.25. The second kappa shape index (κ2) is 5.47. The molecule has 0 atom stereocenters. The molecule has 0 saturated heterocycles. The highest BCUT2D eigenvalue weighted by Gasteiger charge is 2.11. The fourth-order valence-corrected chi connectivity index (χ4v) is 2.47. The van der Waals surface area contributed by atoms with Gasteiger partial charge < -0.3 is 10.3 Å². The average Bonchev–Trinajstić information content (AvgIpc) is 2.84. The van der Waals surface area contributed by atoms with Gasteiger partial charge in [0.1, 0.15) is 5.82 Å². The summed E-state index contributed by atoms with van der Waals surface area (Å²) in [5.74, 6) is 1.03. The van der Waals surface area contributed by atoms with Gasteiger partial charge in [-0.2, -0.15) is 0 Å². The molecule has 0 spiro atoms. The fraction of sp³-hybridized carbons (Fsp3) is 0.235. The van der Waals surface area contributed by atoms with Crippen LogP contribution in [0.5, 0.6) is 0 Å². The zero-order valence-corrected chi connectivity index (χ0v) is 11.7. The maximum atomic E-state index is 5.66. The fourth-order valence-electron chi connectivity index (χ4n) is 2.47. The number of hydrogen-bond donors (Lipinski definition) is 1. The van der Waals surface area contributed by atoms with Crippen LogP contribution in [0.15, 0.2) is 48.5 Å². The molecule has 0 fully saturated rings. The lowest BCUT2D eigenvalue weighted by atomic mass is 10.1. The number of para-hydroxylation sites is 2. The molecule has 0 aliphatic carbocycles. The van der Waals surface area contributed by atoms with Crippen molar-refractivity contribution in [2.75, 3.05) is 6.54 Å². The van der Waals surface area contributed by atoms with E-state index in [1.165, 1.54) is 11.1 Å². The predicted octanol–water partition coefficient (Wildman–Crippen LogP) is 3.36. The van der Waals surface area contributed by atoms with Crippen molar-refractivity contribution >= 4 is 11.0 Å². The van der Waals surface area contributed by atoms with Gasteiger partial charge in [0.2, 0.25) is 0 Å². The van der Waals surface area contributed by atoms with Crippen molar-refractivity contribution in [3.05, 3.63) is 54.1 Å². The van der Waals surface area contributed by atoms with Gasteiger partial charge >= 0.3 is 0 Å². The van der Waals surface area contributed by atoms with Crippen LogP contribution in [-0.2, 0) is 6.54 Å². The number of aryl methyl sites for hydroxylation is 2. The lowest BCUT2D eigenvalue weighted by Crippen LogP contribution is -2.07. The summed E-state index contributed by atoms with van der Waals surface area (Å²) in [6.07, 6.45) is 0.958. The van der Waals surface area contributed by atoms with Crippen molar-refractivity contribution < 1.29 is 0 Å². The van der Waals surface area contributed by atoms with E-state index in [4.69, 9.17) is 10.7 Å². The molecule has 0 amide bonds. The summed E-state index contributed by atoms with van der Waals surface area (Å²) in [6.45, 7) is 3.70. The topological polar surface area (TPSA) is 43.8 Å². The third-order valence-corrected chi connectivity index (χ3v) is 3.55. The standard InChI is InChI=1S/C17H19N3/c1-13-7-9-14(10-8-13)17-19-15-5-2-3-6-16(15)20(17)12-4-11-18/h2-3,5-10H,4,11-12,18H2,1H3. The normalized spacial score (nSPS) is 11.1. The van der Waals surface area contributed by atoms with Crippen LogP contribution in [0.25, 0.3) is 22.4 Å². The first-order chi connectivity index (χ1) is 9.79. The van der Waals surface area contributed by atoms with Crippen LogP contribution in [0.4, 0.5) is 0 Å². The summed E-state index contributed by atoms with van der Waals surface area (Å²) in [5, 5.41) is 0. The SMILES string of the molecule is Cc1ccc(-c2nc3ccccc3n2CCCN)cc1. The smallest absolute Gasteiger partial charge is 0.141 e. The Kier molecular flexibility index (Phi) is 3.52. The Morgan fingerprint density at radius 2 is 1.80 bits per heavy atom. The van der Waals surface area contributed by atoms with Crippen molar-refractivity contribution in [3.8, 4) is 11.4 Å². The van der Waals surface area contributed by atoms with E-state index in [-0.39, 0.29) is 0 Å². The summed E-state index contributed by atoms with van der Waals surface area (Å²) in [7, 11) is 0. The predicted molar refractivity (Wildman–Crippen MR) is 83.6 cm³/mol. The van der Waals surface area contributed by atoms with E-state index >= 15 is 0 Å². The van der Waals surface area contributed by atoms with Crippen LogP contribution < -0.4 is 5.73 Å². The minimum Gasteiger partial charge on any atom is -0.330 e. The van der Waals surface area contributed by atoms with Gasteiger partial charge in [0.25, 0.3) is 0 Å². The van der Waals surface area contributed by atoms with Gasteiger partial charge in [-0.15, -0.1) is 0 Å². The van der Waals surface area contributed by atoms with Gasteiger partial charge in [-0.3, -0.25) is 0 Å². The zero-order chi connectivity index (χ0) is 13.9. The van der Waals surface area contributed by atoms with Crippen molar-refractivity contribution in [3.63, 3.8) is 0 Å². The van der Waals surface area contributed by atoms with E-state index in [0.717, 1.165) is 29.9 Å². The van der Waals surface area contributed by atoms with Crippen LogP contribution in [0.1, 0.15) is 12.0 Å². The molecule has 0 aliphatic heterocycles. The Morgan fingerprint density at radius 3 is 2.55 bits per heavy atom. The zero-order valence-electron chi connectivity index (χ0n) is 11.7. The molecule has 1 aromatic heterocycles. The largest absolute Gasteiger partial charge is 0.330 e. The summed E-state index contributed by atoms with van der Waals surface area (Å²) in [5.41, 5.74) is 10.3. The number of benzene rings is 2. The molecule has 0 saturated carbocycles. The van der Waals surface area contributed by atoms with Gasteiger partial charge in [-0.1, -0.05) is 42.0 Å². The Hall–Kier alpha value is -2.13. The third kappa shape index (κ3) is 2.32. The highest BCUT2D eigenvalue weighted by atomic mass is 15.1. The average molecular weight is 265 g/mol. The summed E-state index contributed by atoms with van der Waals surface area (Å²) in [6, 6.07) is 16.8. The van der Waals surface area contributed by atoms with E-state index in [0.29, 0.717) is 6.54 Å². The lowest BCUT2D eigenvalue weighted by molar-refractivity contribution is 0.671. The molecule has 20 heavy (non-hydrogen) atoms. The molecular formula is C17H19N3. The first kappa shape index (κ1) is 12.9. The molecular weight excluding hydrogens is 246 g/mol. The molecule has 0 radical (unpaired) electrons. The van der Waals surface area contributed by atoms with Crippen molar-refractivity contribution in [1.82, 2.24) is 9.55 Å². The van der Waals surface area contributed by atoms with E-state index in [1.807, 2.05) is 6.07 Å². The van der Waals surface area contributed by atoms with Gasteiger partial charge in [0.05, 0.1) is 11.0 Å². The molecule has 3 aromatic rings. The van der Waals surface area contributed by atoms with Crippen molar-refractivity contribution in [1.29, 1.82) is 0 Å². The van der Waals surface area contributed by atoms with Gasteiger partial charge in [-0.25, -0.2) is 4.98 Å². The van der Waals surface area contributed by atoms with Gasteiger partial charge in [0.15, 0.2) is 0 Å². The molecule has 0 bridgehead atoms. The molecule has 2 aromatic carbocycles. The Balaban J connectivity index is 2.15. The maximum absolute atomic E-state index is 5.66. The summed E-state index contributed by atoms with van der Waals surface area (Å²) in [4.78, 5) is 4.79. The van der Waals surface area contributed by atoms with E-state index < -0.39 is 0 Å². The van der Waals surface area contributed by atoms with Crippen molar-refractivity contribution in [2.24, 2.45) is 5.73 Å². The maximum Gasteiger partial charge on any atom is 0.141 e. The number of nitrogens with two attached hydrogens (primary N) is 1.